The molecule has 3 fully saturated rings. The molecular formula is C20H28N2O3. The van der Waals surface area contributed by atoms with Gasteiger partial charge in [0.1, 0.15) is 0 Å². The van der Waals surface area contributed by atoms with Crippen LogP contribution in [0.25, 0.3) is 0 Å². The number of amides is 2. The van der Waals surface area contributed by atoms with Gasteiger partial charge in [-0.3, -0.25) is 0 Å². The van der Waals surface area contributed by atoms with Gasteiger partial charge in [-0.15, -0.1) is 0 Å². The molecule has 0 aromatic heterocycles. The fourth-order valence-electron chi connectivity index (χ4n) is 4.29. The van der Waals surface area contributed by atoms with Crippen molar-refractivity contribution in [3.63, 3.8) is 0 Å². The first-order chi connectivity index (χ1) is 12.3. The number of ether oxygens (including phenoxy) is 2. The normalized spacial score (nSPS) is 28.4. The molecule has 2 heterocycles. The lowest BCUT2D eigenvalue weighted by Crippen LogP contribution is -2.46. The van der Waals surface area contributed by atoms with Gasteiger partial charge >= 0.3 is 6.03 Å². The predicted molar refractivity (Wildman–Crippen MR) is 95.2 cm³/mol. The Labute approximate surface area is 149 Å². The van der Waals surface area contributed by atoms with Crippen LogP contribution in [0.2, 0.25) is 0 Å². The van der Waals surface area contributed by atoms with Crippen molar-refractivity contribution in [1.29, 1.82) is 0 Å². The van der Waals surface area contributed by atoms with Crippen molar-refractivity contribution in [1.82, 2.24) is 10.6 Å². The van der Waals surface area contributed by atoms with E-state index >= 15 is 0 Å². The molecule has 1 aromatic carbocycles. The van der Waals surface area contributed by atoms with E-state index in [1.165, 1.54) is 31.2 Å². The molecular weight excluding hydrogens is 316 g/mol. The fourth-order valence-corrected chi connectivity index (χ4v) is 4.29. The number of carbonyl (C=O) groups is 1. The molecule has 1 saturated carbocycles. The van der Waals surface area contributed by atoms with Gasteiger partial charge in [0.25, 0.3) is 0 Å². The summed E-state index contributed by atoms with van der Waals surface area (Å²) in [7, 11) is 0. The van der Waals surface area contributed by atoms with Crippen molar-refractivity contribution in [2.24, 2.45) is 0 Å². The van der Waals surface area contributed by atoms with E-state index in [1.807, 2.05) is 12.1 Å². The smallest absolute Gasteiger partial charge is 0.315 e. The van der Waals surface area contributed by atoms with Crippen LogP contribution in [0.4, 0.5) is 4.79 Å². The molecule has 2 bridgehead atoms. The summed E-state index contributed by atoms with van der Waals surface area (Å²) in [6, 6.07) is 8.35. The van der Waals surface area contributed by atoms with Gasteiger partial charge in [-0.25, -0.2) is 4.79 Å². The van der Waals surface area contributed by atoms with E-state index in [4.69, 9.17) is 9.47 Å². The summed E-state index contributed by atoms with van der Waals surface area (Å²) in [5, 5.41) is 6.02. The number of nitrogens with one attached hydrogen (secondary N) is 2. The number of urea groups is 1. The monoisotopic (exact) mass is 344 g/mol. The summed E-state index contributed by atoms with van der Waals surface area (Å²) in [5.41, 5.74) is 2.28. The van der Waals surface area contributed by atoms with Crippen molar-refractivity contribution in [3.8, 4) is 0 Å². The highest BCUT2D eigenvalue weighted by molar-refractivity contribution is 5.74. The second-order valence-corrected chi connectivity index (χ2v) is 7.58. The van der Waals surface area contributed by atoms with Crippen LogP contribution < -0.4 is 10.6 Å². The third-order valence-electron chi connectivity index (χ3n) is 5.65. The van der Waals surface area contributed by atoms with E-state index in [2.05, 4.69) is 22.8 Å². The number of rotatable bonds is 6. The second kappa shape index (κ2) is 7.75. The molecule has 2 amide bonds. The van der Waals surface area contributed by atoms with Gasteiger partial charge in [-0.1, -0.05) is 37.1 Å². The Bertz CT molecular complexity index is 600. The minimum Gasteiger partial charge on any atom is -0.374 e. The Morgan fingerprint density at radius 1 is 1.16 bits per heavy atom. The van der Waals surface area contributed by atoms with Gasteiger partial charge in [0, 0.05) is 6.54 Å². The van der Waals surface area contributed by atoms with Crippen LogP contribution in [0.5, 0.6) is 0 Å². The Morgan fingerprint density at radius 3 is 2.76 bits per heavy atom. The number of hydrogen-bond donors (Lipinski definition) is 2. The van der Waals surface area contributed by atoms with E-state index in [-0.39, 0.29) is 18.2 Å². The average Bonchev–Trinajstić information content (AvgIpc) is 3.36. The van der Waals surface area contributed by atoms with Gasteiger partial charge in [-0.05, 0) is 43.2 Å². The van der Waals surface area contributed by atoms with Crippen LogP contribution in [0.3, 0.4) is 0 Å². The van der Waals surface area contributed by atoms with Crippen LogP contribution in [-0.4, -0.2) is 30.4 Å². The zero-order chi connectivity index (χ0) is 17.1. The summed E-state index contributed by atoms with van der Waals surface area (Å²) in [5.74, 6) is 0. The average molecular weight is 344 g/mol. The number of fused-ring (bicyclic) bond motifs is 2. The predicted octanol–water partition coefficient (Wildman–Crippen LogP) is 3.26. The summed E-state index contributed by atoms with van der Waals surface area (Å²) in [4.78, 5) is 12.1. The fraction of sp³-hybridized carbons (Fsp3) is 0.650. The van der Waals surface area contributed by atoms with Gasteiger partial charge in [0.05, 0.1) is 31.0 Å². The lowest BCUT2D eigenvalue weighted by atomic mass is 9.96. The highest BCUT2D eigenvalue weighted by Crippen LogP contribution is 2.34. The maximum Gasteiger partial charge on any atom is 0.315 e. The van der Waals surface area contributed by atoms with E-state index in [9.17, 15) is 4.79 Å². The number of benzene rings is 1. The van der Waals surface area contributed by atoms with Crippen LogP contribution >= 0.6 is 0 Å². The van der Waals surface area contributed by atoms with E-state index in [0.717, 1.165) is 24.8 Å². The minimum atomic E-state index is -0.103. The Balaban J connectivity index is 1.22. The summed E-state index contributed by atoms with van der Waals surface area (Å²) in [6.45, 7) is 1.19. The molecule has 136 valence electrons. The van der Waals surface area contributed by atoms with Crippen LogP contribution in [0.1, 0.15) is 56.1 Å². The molecule has 3 unspecified atom stereocenters. The molecule has 2 aliphatic heterocycles. The lowest BCUT2D eigenvalue weighted by Gasteiger charge is -2.20. The maximum atomic E-state index is 12.1. The first-order valence-electron chi connectivity index (χ1n) is 9.65. The summed E-state index contributed by atoms with van der Waals surface area (Å²) in [6.07, 6.45) is 9.11. The molecule has 1 aliphatic carbocycles. The highest BCUT2D eigenvalue weighted by Gasteiger charge is 2.41. The van der Waals surface area contributed by atoms with Gasteiger partial charge in [0.2, 0.25) is 0 Å². The highest BCUT2D eigenvalue weighted by atomic mass is 16.5. The molecule has 2 N–H and O–H groups in total. The van der Waals surface area contributed by atoms with E-state index < -0.39 is 0 Å². The zero-order valence-corrected chi connectivity index (χ0v) is 14.7. The van der Waals surface area contributed by atoms with Crippen LogP contribution in [0.15, 0.2) is 24.3 Å². The van der Waals surface area contributed by atoms with Crippen molar-refractivity contribution in [3.05, 3.63) is 35.4 Å². The third kappa shape index (κ3) is 4.33. The van der Waals surface area contributed by atoms with Gasteiger partial charge < -0.3 is 20.1 Å². The van der Waals surface area contributed by atoms with Crippen molar-refractivity contribution >= 4 is 6.03 Å². The zero-order valence-electron chi connectivity index (χ0n) is 14.7. The molecule has 5 nitrogen and oxygen atoms in total. The minimum absolute atomic E-state index is 0.103. The molecule has 2 saturated heterocycles. The quantitative estimate of drug-likeness (QED) is 0.833. The molecule has 4 rings (SSSR count). The van der Waals surface area contributed by atoms with Crippen LogP contribution in [-0.2, 0) is 22.6 Å². The SMILES string of the molecule is O=C(NCc1cccc(COC2CCCC2)c1)NC1CC2CCC1O2. The topological polar surface area (TPSA) is 59.6 Å². The third-order valence-corrected chi connectivity index (χ3v) is 5.65. The molecule has 5 heteroatoms. The standard InChI is InChI=1S/C20H28N2O3/c23-20(22-18-11-17-8-9-19(18)25-17)21-12-14-4-3-5-15(10-14)13-24-16-6-1-2-7-16/h3-5,10,16-19H,1-2,6-9,11-13H2,(H2,21,22,23). The number of hydrogen-bond acceptors (Lipinski definition) is 3. The molecule has 1 aromatic rings. The maximum absolute atomic E-state index is 12.1. The Hall–Kier alpha value is -1.59. The Kier molecular flexibility index (Phi) is 5.22. The lowest BCUT2D eigenvalue weighted by molar-refractivity contribution is 0.0456. The van der Waals surface area contributed by atoms with E-state index in [1.54, 1.807) is 0 Å². The number of carbonyl (C=O) groups excluding carboxylic acids is 1. The summed E-state index contributed by atoms with van der Waals surface area (Å²) >= 11 is 0. The first kappa shape index (κ1) is 16.9. The molecule has 3 atom stereocenters. The van der Waals surface area contributed by atoms with Crippen LogP contribution in [0, 0.1) is 0 Å². The molecule has 25 heavy (non-hydrogen) atoms. The largest absolute Gasteiger partial charge is 0.374 e. The molecule has 3 aliphatic rings. The van der Waals surface area contributed by atoms with E-state index in [0.29, 0.717) is 25.4 Å². The van der Waals surface area contributed by atoms with Gasteiger partial charge in [0.15, 0.2) is 0 Å². The Morgan fingerprint density at radius 2 is 2.00 bits per heavy atom. The molecule has 0 spiro atoms. The van der Waals surface area contributed by atoms with Crippen molar-refractivity contribution in [2.45, 2.75) is 82.5 Å². The summed E-state index contributed by atoms with van der Waals surface area (Å²) < 4.78 is 11.7. The van der Waals surface area contributed by atoms with Crippen molar-refractivity contribution in [2.75, 3.05) is 0 Å². The second-order valence-electron chi connectivity index (χ2n) is 7.58. The molecule has 0 radical (unpaired) electrons. The first-order valence-corrected chi connectivity index (χ1v) is 9.65. The van der Waals surface area contributed by atoms with Gasteiger partial charge in [-0.2, -0.15) is 0 Å². The van der Waals surface area contributed by atoms with Crippen molar-refractivity contribution < 1.29 is 14.3 Å².